The highest BCUT2D eigenvalue weighted by Gasteiger charge is 2.21. The summed E-state index contributed by atoms with van der Waals surface area (Å²) in [4.78, 5) is 7.18. The van der Waals surface area contributed by atoms with Crippen LogP contribution in [-0.4, -0.2) is 31.3 Å². The quantitative estimate of drug-likeness (QED) is 0.840. The van der Waals surface area contributed by atoms with E-state index in [9.17, 15) is 0 Å². The zero-order valence-corrected chi connectivity index (χ0v) is 13.7. The zero-order valence-electron chi connectivity index (χ0n) is 12.9. The third-order valence-corrected chi connectivity index (χ3v) is 4.69. The van der Waals surface area contributed by atoms with Gasteiger partial charge in [0.25, 0.3) is 0 Å². The molecular formula is C17H22N2OS. The third kappa shape index (κ3) is 3.11. The van der Waals surface area contributed by atoms with Crippen LogP contribution < -0.4 is 4.90 Å². The molecule has 0 unspecified atom stereocenters. The van der Waals surface area contributed by atoms with Crippen molar-refractivity contribution in [1.29, 1.82) is 0 Å². The SMILES string of the molecule is CC(C)(C)c1ccccc1-c1csc(N2CCOCC2)n1. The first-order chi connectivity index (χ1) is 10.1. The van der Waals surface area contributed by atoms with E-state index < -0.39 is 0 Å². The van der Waals surface area contributed by atoms with Crippen molar-refractivity contribution in [2.75, 3.05) is 31.2 Å². The van der Waals surface area contributed by atoms with E-state index in [4.69, 9.17) is 9.72 Å². The molecule has 0 saturated carbocycles. The lowest BCUT2D eigenvalue weighted by atomic mass is 9.83. The zero-order chi connectivity index (χ0) is 14.9. The minimum atomic E-state index is 0.124. The van der Waals surface area contributed by atoms with Crippen LogP contribution in [0.3, 0.4) is 0 Å². The summed E-state index contributed by atoms with van der Waals surface area (Å²) < 4.78 is 5.41. The van der Waals surface area contributed by atoms with E-state index in [1.807, 2.05) is 0 Å². The average Bonchev–Trinajstić information content (AvgIpc) is 2.97. The molecule has 2 heterocycles. The number of hydrogen-bond donors (Lipinski definition) is 0. The predicted molar refractivity (Wildman–Crippen MR) is 89.3 cm³/mol. The molecule has 1 fully saturated rings. The molecule has 1 aliphatic rings. The summed E-state index contributed by atoms with van der Waals surface area (Å²) in [5, 5.41) is 3.28. The Kier molecular flexibility index (Phi) is 4.00. The van der Waals surface area contributed by atoms with Crippen molar-refractivity contribution in [3.05, 3.63) is 35.2 Å². The number of hydrogen-bond acceptors (Lipinski definition) is 4. The first-order valence-electron chi connectivity index (χ1n) is 7.44. The van der Waals surface area contributed by atoms with Gasteiger partial charge in [-0.1, -0.05) is 45.0 Å². The molecule has 0 aliphatic carbocycles. The fourth-order valence-corrected chi connectivity index (χ4v) is 3.53. The Morgan fingerprint density at radius 3 is 2.57 bits per heavy atom. The lowest BCUT2D eigenvalue weighted by molar-refractivity contribution is 0.122. The van der Waals surface area contributed by atoms with E-state index in [0.717, 1.165) is 37.1 Å². The Hall–Kier alpha value is -1.39. The van der Waals surface area contributed by atoms with Gasteiger partial charge in [-0.2, -0.15) is 0 Å². The molecule has 0 spiro atoms. The lowest BCUT2D eigenvalue weighted by Crippen LogP contribution is -2.36. The van der Waals surface area contributed by atoms with Crippen molar-refractivity contribution in [1.82, 2.24) is 4.98 Å². The highest BCUT2D eigenvalue weighted by molar-refractivity contribution is 7.14. The lowest BCUT2D eigenvalue weighted by Gasteiger charge is -2.26. The van der Waals surface area contributed by atoms with Crippen LogP contribution in [0.25, 0.3) is 11.3 Å². The van der Waals surface area contributed by atoms with Crippen LogP contribution in [0.2, 0.25) is 0 Å². The second-order valence-corrected chi connectivity index (χ2v) is 7.25. The average molecular weight is 302 g/mol. The molecule has 1 aromatic carbocycles. The van der Waals surface area contributed by atoms with Crippen molar-refractivity contribution in [2.45, 2.75) is 26.2 Å². The Labute approximate surface area is 130 Å². The molecule has 0 bridgehead atoms. The van der Waals surface area contributed by atoms with Gasteiger partial charge in [0, 0.05) is 24.0 Å². The fourth-order valence-electron chi connectivity index (χ4n) is 2.65. The minimum Gasteiger partial charge on any atom is -0.378 e. The largest absolute Gasteiger partial charge is 0.378 e. The molecule has 2 aromatic rings. The molecule has 3 rings (SSSR count). The number of ether oxygens (including phenoxy) is 1. The van der Waals surface area contributed by atoms with Crippen LogP contribution in [0, 0.1) is 0 Å². The van der Waals surface area contributed by atoms with Crippen molar-refractivity contribution in [2.24, 2.45) is 0 Å². The van der Waals surface area contributed by atoms with Gasteiger partial charge in [0.1, 0.15) is 0 Å². The van der Waals surface area contributed by atoms with E-state index in [0.29, 0.717) is 0 Å². The highest BCUT2D eigenvalue weighted by Crippen LogP contribution is 2.35. The maximum Gasteiger partial charge on any atom is 0.186 e. The third-order valence-electron chi connectivity index (χ3n) is 3.78. The number of anilines is 1. The molecular weight excluding hydrogens is 280 g/mol. The number of nitrogens with zero attached hydrogens (tertiary/aromatic N) is 2. The van der Waals surface area contributed by atoms with Crippen LogP contribution in [-0.2, 0) is 10.2 Å². The van der Waals surface area contributed by atoms with E-state index >= 15 is 0 Å². The second-order valence-electron chi connectivity index (χ2n) is 6.41. The summed E-state index contributed by atoms with van der Waals surface area (Å²) in [6.07, 6.45) is 0. The number of aromatic nitrogens is 1. The van der Waals surface area contributed by atoms with Gasteiger partial charge in [-0.25, -0.2) is 4.98 Å². The Morgan fingerprint density at radius 2 is 1.86 bits per heavy atom. The topological polar surface area (TPSA) is 25.4 Å². The van der Waals surface area contributed by atoms with Gasteiger partial charge < -0.3 is 9.64 Å². The van der Waals surface area contributed by atoms with Crippen LogP contribution in [0.1, 0.15) is 26.3 Å². The predicted octanol–water partition coefficient (Wildman–Crippen LogP) is 3.94. The van der Waals surface area contributed by atoms with Crippen molar-refractivity contribution >= 4 is 16.5 Å². The smallest absolute Gasteiger partial charge is 0.186 e. The number of morpholine rings is 1. The van der Waals surface area contributed by atoms with Crippen molar-refractivity contribution in [3.8, 4) is 11.3 Å². The van der Waals surface area contributed by atoms with Gasteiger partial charge in [0.15, 0.2) is 5.13 Å². The van der Waals surface area contributed by atoms with E-state index in [1.165, 1.54) is 11.1 Å². The van der Waals surface area contributed by atoms with Gasteiger partial charge in [-0.3, -0.25) is 0 Å². The first kappa shape index (κ1) is 14.5. The van der Waals surface area contributed by atoms with Gasteiger partial charge in [-0.15, -0.1) is 11.3 Å². The number of rotatable bonds is 2. The van der Waals surface area contributed by atoms with E-state index in [1.54, 1.807) is 11.3 Å². The molecule has 3 nitrogen and oxygen atoms in total. The van der Waals surface area contributed by atoms with Gasteiger partial charge in [0.05, 0.1) is 18.9 Å². The molecule has 112 valence electrons. The van der Waals surface area contributed by atoms with Gasteiger partial charge in [0.2, 0.25) is 0 Å². The summed E-state index contributed by atoms with van der Waals surface area (Å²) in [5.41, 5.74) is 3.82. The maximum atomic E-state index is 5.41. The summed E-state index contributed by atoms with van der Waals surface area (Å²) in [6, 6.07) is 8.60. The maximum absolute atomic E-state index is 5.41. The molecule has 4 heteroatoms. The van der Waals surface area contributed by atoms with Crippen molar-refractivity contribution in [3.63, 3.8) is 0 Å². The number of thiazole rings is 1. The first-order valence-corrected chi connectivity index (χ1v) is 8.32. The molecule has 0 amide bonds. The summed E-state index contributed by atoms with van der Waals surface area (Å²) in [5.74, 6) is 0. The second kappa shape index (κ2) is 5.78. The molecule has 0 atom stereocenters. The fraction of sp³-hybridized carbons (Fsp3) is 0.471. The summed E-state index contributed by atoms with van der Waals surface area (Å²) >= 11 is 1.73. The summed E-state index contributed by atoms with van der Waals surface area (Å²) in [6.45, 7) is 10.2. The van der Waals surface area contributed by atoms with Crippen LogP contribution >= 0.6 is 11.3 Å². The highest BCUT2D eigenvalue weighted by atomic mass is 32.1. The van der Waals surface area contributed by atoms with Crippen LogP contribution in [0.15, 0.2) is 29.6 Å². The van der Waals surface area contributed by atoms with Gasteiger partial charge in [-0.05, 0) is 11.0 Å². The van der Waals surface area contributed by atoms with E-state index in [2.05, 4.69) is 55.3 Å². The Bertz CT molecular complexity index is 609. The summed E-state index contributed by atoms with van der Waals surface area (Å²) in [7, 11) is 0. The van der Waals surface area contributed by atoms with E-state index in [-0.39, 0.29) is 5.41 Å². The molecule has 0 N–H and O–H groups in total. The van der Waals surface area contributed by atoms with Crippen LogP contribution in [0.5, 0.6) is 0 Å². The Balaban J connectivity index is 1.93. The normalized spacial score (nSPS) is 16.2. The molecule has 1 saturated heterocycles. The van der Waals surface area contributed by atoms with Crippen LogP contribution in [0.4, 0.5) is 5.13 Å². The molecule has 21 heavy (non-hydrogen) atoms. The van der Waals surface area contributed by atoms with Gasteiger partial charge >= 0.3 is 0 Å². The standard InChI is InChI=1S/C17H22N2OS/c1-17(2,3)14-7-5-4-6-13(14)15-12-21-16(18-15)19-8-10-20-11-9-19/h4-7,12H,8-11H2,1-3H3. The Morgan fingerprint density at radius 1 is 1.14 bits per heavy atom. The number of benzene rings is 1. The minimum absolute atomic E-state index is 0.124. The molecule has 0 radical (unpaired) electrons. The molecule has 1 aromatic heterocycles. The van der Waals surface area contributed by atoms with Crippen molar-refractivity contribution < 1.29 is 4.74 Å². The molecule has 1 aliphatic heterocycles. The monoisotopic (exact) mass is 302 g/mol.